The Balaban J connectivity index is 1.44. The Morgan fingerprint density at radius 1 is 0.931 bits per heavy atom. The van der Waals surface area contributed by atoms with Gasteiger partial charge < -0.3 is 18.9 Å². The van der Waals surface area contributed by atoms with Gasteiger partial charge in [-0.2, -0.15) is 0 Å². The molecule has 0 spiro atoms. The minimum absolute atomic E-state index is 0.0428. The molecule has 2 saturated heterocycles. The normalized spacial score (nSPS) is 21.1. The van der Waals surface area contributed by atoms with Crippen molar-refractivity contribution in [2.24, 2.45) is 0 Å². The van der Waals surface area contributed by atoms with Gasteiger partial charge in [-0.1, -0.05) is 18.2 Å². The number of ether oxygens (including phenoxy) is 4. The summed E-state index contributed by atoms with van der Waals surface area (Å²) < 4.78 is 21.6. The molecule has 2 atom stereocenters. The molecule has 0 unspecified atom stereocenters. The summed E-state index contributed by atoms with van der Waals surface area (Å²) in [5, 5.41) is 0. The van der Waals surface area contributed by atoms with Crippen LogP contribution in [0.2, 0.25) is 0 Å². The number of benzene rings is 2. The van der Waals surface area contributed by atoms with E-state index in [1.807, 2.05) is 41.3 Å². The number of rotatable bonds is 7. The van der Waals surface area contributed by atoms with E-state index in [0.29, 0.717) is 18.0 Å². The molecule has 7 nitrogen and oxygen atoms in total. The summed E-state index contributed by atoms with van der Waals surface area (Å²) in [4.78, 5) is 16.6. The van der Waals surface area contributed by atoms with E-state index in [4.69, 9.17) is 18.9 Å². The second kappa shape index (κ2) is 8.21. The van der Waals surface area contributed by atoms with E-state index in [9.17, 15) is 4.79 Å². The van der Waals surface area contributed by atoms with Crippen LogP contribution in [-0.4, -0.2) is 62.5 Å². The first-order valence-corrected chi connectivity index (χ1v) is 9.64. The highest BCUT2D eigenvalue weighted by Crippen LogP contribution is 2.32. The first kappa shape index (κ1) is 19.4. The van der Waals surface area contributed by atoms with Crippen molar-refractivity contribution in [1.29, 1.82) is 0 Å². The summed E-state index contributed by atoms with van der Waals surface area (Å²) in [7, 11) is 4.88. The van der Waals surface area contributed by atoms with Crippen LogP contribution in [0.4, 0.5) is 4.79 Å². The Morgan fingerprint density at radius 2 is 1.72 bits per heavy atom. The molecule has 0 aromatic heterocycles. The van der Waals surface area contributed by atoms with Crippen molar-refractivity contribution in [1.82, 2.24) is 9.80 Å². The number of likely N-dealkylation sites (tertiary alicyclic amines) is 1. The predicted molar refractivity (Wildman–Crippen MR) is 107 cm³/mol. The number of hydrogen-bond donors (Lipinski definition) is 0. The molecule has 2 aromatic carbocycles. The lowest BCUT2D eigenvalue weighted by molar-refractivity contribution is 0.119. The van der Waals surface area contributed by atoms with Crippen LogP contribution >= 0.6 is 0 Å². The molecule has 7 heteroatoms. The van der Waals surface area contributed by atoms with Crippen molar-refractivity contribution < 1.29 is 23.7 Å². The molecule has 29 heavy (non-hydrogen) atoms. The molecular weight excluding hydrogens is 372 g/mol. The van der Waals surface area contributed by atoms with Crippen LogP contribution in [0.3, 0.4) is 0 Å². The van der Waals surface area contributed by atoms with Crippen LogP contribution < -0.4 is 14.2 Å². The smallest absolute Gasteiger partial charge is 0.410 e. The molecule has 0 radical (unpaired) electrons. The number of carbonyl (C=O) groups is 1. The zero-order valence-electron chi connectivity index (χ0n) is 17.0. The third kappa shape index (κ3) is 3.96. The third-order valence-corrected chi connectivity index (χ3v) is 5.54. The molecule has 2 aromatic rings. The van der Waals surface area contributed by atoms with Gasteiger partial charge in [-0.15, -0.1) is 0 Å². The van der Waals surface area contributed by atoms with Crippen molar-refractivity contribution in [3.63, 3.8) is 0 Å². The number of fused-ring (bicyclic) bond motifs is 1. The minimum atomic E-state index is -0.254. The Labute approximate surface area is 170 Å². The van der Waals surface area contributed by atoms with Gasteiger partial charge in [0.1, 0.15) is 11.9 Å². The minimum Gasteiger partial charge on any atom is -0.497 e. The quantitative estimate of drug-likeness (QED) is 0.715. The molecule has 1 amide bonds. The van der Waals surface area contributed by atoms with Crippen molar-refractivity contribution in [2.45, 2.75) is 25.2 Å². The molecule has 0 bridgehead atoms. The van der Waals surface area contributed by atoms with Crippen molar-refractivity contribution in [3.8, 4) is 17.2 Å². The lowest BCUT2D eigenvalue weighted by atomic mass is 10.1. The van der Waals surface area contributed by atoms with E-state index in [1.165, 1.54) is 5.56 Å². The maximum atomic E-state index is 12.4. The maximum absolute atomic E-state index is 12.4. The van der Waals surface area contributed by atoms with Crippen LogP contribution in [-0.2, 0) is 17.8 Å². The van der Waals surface area contributed by atoms with Crippen LogP contribution in [0.15, 0.2) is 42.5 Å². The van der Waals surface area contributed by atoms with Gasteiger partial charge in [0, 0.05) is 26.2 Å². The predicted octanol–water partition coefficient (Wildman–Crippen LogP) is 2.92. The average molecular weight is 398 g/mol. The number of nitrogens with zero attached hydrogens (tertiary/aromatic N) is 2. The summed E-state index contributed by atoms with van der Waals surface area (Å²) >= 11 is 0. The lowest BCUT2D eigenvalue weighted by Gasteiger charge is -2.23. The van der Waals surface area contributed by atoms with E-state index < -0.39 is 0 Å². The number of hydrogen-bond acceptors (Lipinski definition) is 6. The van der Waals surface area contributed by atoms with E-state index in [1.54, 1.807) is 21.3 Å². The molecular formula is C22H26N2O5. The molecule has 0 saturated carbocycles. The van der Waals surface area contributed by atoms with Gasteiger partial charge in [-0.05, 0) is 35.4 Å². The Hall–Kier alpha value is -2.93. The second-order valence-electron chi connectivity index (χ2n) is 7.35. The summed E-state index contributed by atoms with van der Waals surface area (Å²) in [5.74, 6) is 2.17. The van der Waals surface area contributed by atoms with Gasteiger partial charge in [0.2, 0.25) is 0 Å². The first-order chi connectivity index (χ1) is 14.1. The van der Waals surface area contributed by atoms with Gasteiger partial charge in [-0.3, -0.25) is 9.80 Å². The van der Waals surface area contributed by atoms with E-state index >= 15 is 0 Å². The van der Waals surface area contributed by atoms with Crippen LogP contribution in [0.1, 0.15) is 11.1 Å². The monoisotopic (exact) mass is 398 g/mol. The standard InChI is InChI=1S/C22H26N2O5/c1-26-17-6-4-5-15(9-17)11-23-13-18-21(14-23)29-22(25)24(18)12-16-7-8-19(27-2)20(10-16)28-3/h4-10,18,21H,11-14H2,1-3H3/t18-,21+/m1/s1. The molecule has 2 aliphatic rings. The summed E-state index contributed by atoms with van der Waals surface area (Å²) in [6.45, 7) is 2.79. The number of amides is 1. The zero-order chi connectivity index (χ0) is 20.4. The molecule has 4 rings (SSSR count). The fourth-order valence-corrected chi connectivity index (χ4v) is 4.10. The first-order valence-electron chi connectivity index (χ1n) is 9.64. The van der Waals surface area contributed by atoms with Gasteiger partial charge in [0.25, 0.3) is 0 Å². The average Bonchev–Trinajstić information content (AvgIpc) is 3.25. The van der Waals surface area contributed by atoms with Crippen LogP contribution in [0.5, 0.6) is 17.2 Å². The van der Waals surface area contributed by atoms with E-state index in [2.05, 4.69) is 11.0 Å². The summed E-state index contributed by atoms with van der Waals surface area (Å²) in [6, 6.07) is 13.8. The number of methoxy groups -OCH3 is 3. The Kier molecular flexibility index (Phi) is 5.49. The lowest BCUT2D eigenvalue weighted by Crippen LogP contribution is -2.37. The van der Waals surface area contributed by atoms with E-state index in [-0.39, 0.29) is 18.2 Å². The van der Waals surface area contributed by atoms with Gasteiger partial charge in [-0.25, -0.2) is 4.79 Å². The second-order valence-corrected chi connectivity index (χ2v) is 7.35. The topological polar surface area (TPSA) is 60.5 Å². The van der Waals surface area contributed by atoms with Crippen molar-refractivity contribution in [2.75, 3.05) is 34.4 Å². The van der Waals surface area contributed by atoms with Crippen LogP contribution in [0, 0.1) is 0 Å². The SMILES string of the molecule is COc1cccc(CN2C[C@@H]3OC(=O)N(Cc4ccc(OC)c(OC)c4)[C@@H]3C2)c1. The largest absolute Gasteiger partial charge is 0.497 e. The molecule has 2 aliphatic heterocycles. The third-order valence-electron chi connectivity index (χ3n) is 5.54. The highest BCUT2D eigenvalue weighted by molar-refractivity contribution is 5.71. The van der Waals surface area contributed by atoms with Crippen molar-refractivity contribution >= 4 is 6.09 Å². The Bertz CT molecular complexity index is 887. The molecule has 0 aliphatic carbocycles. The fourth-order valence-electron chi connectivity index (χ4n) is 4.10. The highest BCUT2D eigenvalue weighted by Gasteiger charge is 2.47. The molecule has 2 fully saturated rings. The highest BCUT2D eigenvalue weighted by atomic mass is 16.6. The van der Waals surface area contributed by atoms with Crippen LogP contribution in [0.25, 0.3) is 0 Å². The zero-order valence-corrected chi connectivity index (χ0v) is 17.0. The summed E-state index contributed by atoms with van der Waals surface area (Å²) in [6.07, 6.45) is -0.357. The Morgan fingerprint density at radius 3 is 2.48 bits per heavy atom. The summed E-state index contributed by atoms with van der Waals surface area (Å²) in [5.41, 5.74) is 2.16. The fraction of sp³-hybridized carbons (Fsp3) is 0.409. The number of carbonyl (C=O) groups excluding carboxylic acids is 1. The molecule has 2 heterocycles. The van der Waals surface area contributed by atoms with Gasteiger partial charge in [0.05, 0.1) is 27.4 Å². The molecule has 154 valence electrons. The molecule has 0 N–H and O–H groups in total. The van der Waals surface area contributed by atoms with Crippen molar-refractivity contribution in [3.05, 3.63) is 53.6 Å². The maximum Gasteiger partial charge on any atom is 0.410 e. The van der Waals surface area contributed by atoms with Gasteiger partial charge >= 0.3 is 6.09 Å². The van der Waals surface area contributed by atoms with Gasteiger partial charge in [0.15, 0.2) is 11.5 Å². The van der Waals surface area contributed by atoms with E-state index in [0.717, 1.165) is 30.9 Å².